The molecule has 0 fully saturated rings. The van der Waals surface area contributed by atoms with E-state index in [9.17, 15) is 18.0 Å². The highest BCUT2D eigenvalue weighted by atomic mass is 32.2. The molecule has 7 nitrogen and oxygen atoms in total. The summed E-state index contributed by atoms with van der Waals surface area (Å²) >= 11 is 0. The summed E-state index contributed by atoms with van der Waals surface area (Å²) in [6.45, 7) is 7.67. The Balaban J connectivity index is 1.78. The van der Waals surface area contributed by atoms with E-state index in [-0.39, 0.29) is 23.8 Å². The number of carbonyl (C=O) groups is 2. The molecule has 0 bridgehead atoms. The first kappa shape index (κ1) is 31.5. The van der Waals surface area contributed by atoms with Crippen LogP contribution in [0.5, 0.6) is 0 Å². The van der Waals surface area contributed by atoms with E-state index in [0.29, 0.717) is 12.2 Å². The number of benzene rings is 4. The largest absolute Gasteiger partial charge is 0.355 e. The third-order valence-electron chi connectivity index (χ3n) is 7.31. The van der Waals surface area contributed by atoms with Crippen molar-refractivity contribution < 1.29 is 18.0 Å². The molecule has 0 aromatic heterocycles. The Morgan fingerprint density at radius 1 is 0.721 bits per heavy atom. The van der Waals surface area contributed by atoms with Gasteiger partial charge in [0.2, 0.25) is 11.8 Å². The van der Waals surface area contributed by atoms with Crippen LogP contribution in [0.15, 0.2) is 108 Å². The molecule has 0 aliphatic carbocycles. The van der Waals surface area contributed by atoms with Gasteiger partial charge in [-0.05, 0) is 63.1 Å². The molecule has 0 saturated carbocycles. The molecule has 1 atom stereocenters. The highest BCUT2D eigenvalue weighted by Gasteiger charge is 2.34. The molecule has 4 rings (SSSR count). The van der Waals surface area contributed by atoms with Gasteiger partial charge in [-0.15, -0.1) is 0 Å². The minimum Gasteiger partial charge on any atom is -0.355 e. The number of nitrogens with one attached hydrogen (secondary N) is 1. The normalized spacial score (nSPS) is 11.9. The van der Waals surface area contributed by atoms with Crippen molar-refractivity contribution in [3.05, 3.63) is 131 Å². The standard InChI is InChI=1S/C35H39N3O4S/c1-5-36-35(40)33(23-29-9-7-6-8-10-29)37(24-30-17-11-26(2)12-18-30)34(39)25-38(31-19-13-27(3)14-20-31)43(41,42)32-21-15-28(4)16-22-32/h6-22,33H,5,23-25H2,1-4H3,(H,36,40)/t33-/m0/s1. The Bertz CT molecular complexity index is 1620. The number of carbonyl (C=O) groups excluding carboxylic acids is 2. The summed E-state index contributed by atoms with van der Waals surface area (Å²) in [4.78, 5) is 29.5. The van der Waals surface area contributed by atoms with Crippen molar-refractivity contribution in [2.75, 3.05) is 17.4 Å². The summed E-state index contributed by atoms with van der Waals surface area (Å²) in [6.07, 6.45) is 0.277. The molecular formula is C35H39N3O4S. The lowest BCUT2D eigenvalue weighted by Crippen LogP contribution is -2.53. The van der Waals surface area contributed by atoms with Crippen LogP contribution < -0.4 is 9.62 Å². The van der Waals surface area contributed by atoms with E-state index in [1.54, 1.807) is 36.4 Å². The molecule has 4 aromatic rings. The van der Waals surface area contributed by atoms with Crippen molar-refractivity contribution in [3.8, 4) is 0 Å². The lowest BCUT2D eigenvalue weighted by molar-refractivity contribution is -0.140. The van der Waals surface area contributed by atoms with E-state index in [1.807, 2.05) is 94.4 Å². The van der Waals surface area contributed by atoms with Crippen molar-refractivity contribution in [1.29, 1.82) is 0 Å². The van der Waals surface area contributed by atoms with Crippen molar-refractivity contribution in [2.24, 2.45) is 0 Å². The second-order valence-electron chi connectivity index (χ2n) is 10.8. The number of amides is 2. The molecule has 0 heterocycles. The number of rotatable bonds is 12. The summed E-state index contributed by atoms with van der Waals surface area (Å²) in [5.74, 6) is -0.779. The number of hydrogen-bond acceptors (Lipinski definition) is 4. The van der Waals surface area contributed by atoms with Gasteiger partial charge < -0.3 is 10.2 Å². The first-order valence-electron chi connectivity index (χ1n) is 14.4. The summed E-state index contributed by atoms with van der Waals surface area (Å²) in [6, 6.07) is 30.0. The van der Waals surface area contributed by atoms with Gasteiger partial charge in [-0.3, -0.25) is 13.9 Å². The summed E-state index contributed by atoms with van der Waals surface area (Å²) in [5, 5.41) is 2.88. The molecule has 0 spiro atoms. The van der Waals surface area contributed by atoms with E-state index >= 15 is 0 Å². The lowest BCUT2D eigenvalue weighted by Gasteiger charge is -2.34. The number of hydrogen-bond donors (Lipinski definition) is 1. The molecule has 4 aromatic carbocycles. The van der Waals surface area contributed by atoms with E-state index in [4.69, 9.17) is 0 Å². The van der Waals surface area contributed by atoms with Crippen molar-refractivity contribution in [3.63, 3.8) is 0 Å². The van der Waals surface area contributed by atoms with Gasteiger partial charge >= 0.3 is 0 Å². The van der Waals surface area contributed by atoms with E-state index < -0.39 is 28.5 Å². The Hall–Kier alpha value is -4.43. The summed E-state index contributed by atoms with van der Waals surface area (Å²) < 4.78 is 29.2. The number of likely N-dealkylation sites (N-methyl/N-ethyl adjacent to an activating group) is 1. The van der Waals surface area contributed by atoms with Crippen LogP contribution in [0.25, 0.3) is 0 Å². The third kappa shape index (κ3) is 8.11. The topological polar surface area (TPSA) is 86.8 Å². The predicted molar refractivity (Wildman–Crippen MR) is 171 cm³/mol. The fourth-order valence-electron chi connectivity index (χ4n) is 4.81. The Labute approximate surface area is 255 Å². The second kappa shape index (κ2) is 14.2. The van der Waals surface area contributed by atoms with Crippen LogP contribution in [0.3, 0.4) is 0 Å². The number of anilines is 1. The average molecular weight is 598 g/mol. The number of nitrogens with zero attached hydrogens (tertiary/aromatic N) is 2. The quantitative estimate of drug-likeness (QED) is 0.231. The Morgan fingerprint density at radius 2 is 1.26 bits per heavy atom. The minimum atomic E-state index is -4.12. The molecule has 8 heteroatoms. The van der Waals surface area contributed by atoms with Gasteiger partial charge in [0, 0.05) is 19.5 Å². The molecule has 0 aliphatic rings. The van der Waals surface area contributed by atoms with Crippen LogP contribution in [-0.4, -0.2) is 44.3 Å². The first-order valence-corrected chi connectivity index (χ1v) is 15.8. The average Bonchev–Trinajstić information content (AvgIpc) is 3.00. The molecule has 0 radical (unpaired) electrons. The maximum absolute atomic E-state index is 14.4. The van der Waals surface area contributed by atoms with Gasteiger partial charge in [0.15, 0.2) is 0 Å². The Morgan fingerprint density at radius 3 is 1.81 bits per heavy atom. The van der Waals surface area contributed by atoms with Crippen molar-refractivity contribution in [1.82, 2.24) is 10.2 Å². The van der Waals surface area contributed by atoms with Crippen LogP contribution in [0.1, 0.15) is 34.7 Å². The molecule has 0 aliphatic heterocycles. The van der Waals surface area contributed by atoms with Gasteiger partial charge in [-0.25, -0.2) is 8.42 Å². The van der Waals surface area contributed by atoms with Gasteiger partial charge in [-0.1, -0.05) is 95.6 Å². The molecule has 224 valence electrons. The maximum atomic E-state index is 14.4. The van der Waals surface area contributed by atoms with Crippen molar-refractivity contribution >= 4 is 27.5 Å². The maximum Gasteiger partial charge on any atom is 0.264 e. The highest BCUT2D eigenvalue weighted by molar-refractivity contribution is 7.92. The SMILES string of the molecule is CCNC(=O)[C@H](Cc1ccccc1)N(Cc1ccc(C)cc1)C(=O)CN(c1ccc(C)cc1)S(=O)(=O)c1ccc(C)cc1. The van der Waals surface area contributed by atoms with E-state index in [0.717, 1.165) is 32.1 Å². The summed E-state index contributed by atoms with van der Waals surface area (Å²) in [5.41, 5.74) is 5.05. The second-order valence-corrected chi connectivity index (χ2v) is 12.6. The zero-order chi connectivity index (χ0) is 31.0. The monoisotopic (exact) mass is 597 g/mol. The molecule has 1 N–H and O–H groups in total. The first-order chi connectivity index (χ1) is 20.6. The molecule has 43 heavy (non-hydrogen) atoms. The number of sulfonamides is 1. The van der Waals surface area contributed by atoms with Crippen LogP contribution in [0.4, 0.5) is 5.69 Å². The molecule has 2 amide bonds. The Kier molecular flexibility index (Phi) is 10.4. The zero-order valence-electron chi connectivity index (χ0n) is 25.2. The third-order valence-corrected chi connectivity index (χ3v) is 9.09. The van der Waals surface area contributed by atoms with Crippen LogP contribution in [0, 0.1) is 20.8 Å². The van der Waals surface area contributed by atoms with E-state index in [2.05, 4.69) is 5.32 Å². The highest BCUT2D eigenvalue weighted by Crippen LogP contribution is 2.26. The predicted octanol–water partition coefficient (Wildman–Crippen LogP) is 5.58. The van der Waals surface area contributed by atoms with Gasteiger partial charge in [0.1, 0.15) is 12.6 Å². The zero-order valence-corrected chi connectivity index (χ0v) is 26.0. The molecule has 0 unspecified atom stereocenters. The summed E-state index contributed by atoms with van der Waals surface area (Å²) in [7, 11) is -4.12. The minimum absolute atomic E-state index is 0.0844. The van der Waals surface area contributed by atoms with Crippen LogP contribution >= 0.6 is 0 Å². The fraction of sp³-hybridized carbons (Fsp3) is 0.257. The van der Waals surface area contributed by atoms with Gasteiger partial charge in [-0.2, -0.15) is 0 Å². The van der Waals surface area contributed by atoms with Crippen LogP contribution in [0.2, 0.25) is 0 Å². The van der Waals surface area contributed by atoms with Gasteiger partial charge in [0.05, 0.1) is 10.6 Å². The fourth-order valence-corrected chi connectivity index (χ4v) is 6.23. The number of aryl methyl sites for hydroxylation is 3. The molecule has 0 saturated heterocycles. The van der Waals surface area contributed by atoms with Crippen LogP contribution in [-0.2, 0) is 32.6 Å². The molecular weight excluding hydrogens is 558 g/mol. The van der Waals surface area contributed by atoms with Gasteiger partial charge in [0.25, 0.3) is 10.0 Å². The smallest absolute Gasteiger partial charge is 0.264 e. The lowest BCUT2D eigenvalue weighted by atomic mass is 10.0. The van der Waals surface area contributed by atoms with E-state index in [1.165, 1.54) is 4.90 Å². The van der Waals surface area contributed by atoms with Crippen molar-refractivity contribution in [2.45, 2.75) is 51.6 Å².